The first kappa shape index (κ1) is 29.5. The van der Waals surface area contributed by atoms with Crippen LogP contribution in [0.5, 0.6) is 5.75 Å². The smallest absolute Gasteiger partial charge is 0.335 e. The SMILES string of the molecule is C=CCN1CCN(c2cc(OC)c(Nc3cc(N4OCC[C@@H]4c4cccc(C(=O)O)c4)ncn3)cc2NC(=O)C=C)CC1. The molecule has 12 nitrogen and oxygen atoms in total. The van der Waals surface area contributed by atoms with Gasteiger partial charge in [0.2, 0.25) is 5.91 Å². The largest absolute Gasteiger partial charge is 0.494 e. The summed E-state index contributed by atoms with van der Waals surface area (Å²) in [7, 11) is 1.59. The molecule has 43 heavy (non-hydrogen) atoms. The molecule has 0 spiro atoms. The number of methoxy groups -OCH3 is 1. The number of aromatic nitrogens is 2. The Hall–Kier alpha value is -4.94. The molecule has 2 fully saturated rings. The number of amides is 1. The Morgan fingerprint density at radius 2 is 1.93 bits per heavy atom. The summed E-state index contributed by atoms with van der Waals surface area (Å²) in [6, 6.07) is 12.1. The van der Waals surface area contributed by atoms with Gasteiger partial charge >= 0.3 is 5.97 Å². The summed E-state index contributed by atoms with van der Waals surface area (Å²) >= 11 is 0. The van der Waals surface area contributed by atoms with Gasteiger partial charge in [-0.3, -0.25) is 14.5 Å². The van der Waals surface area contributed by atoms with Crippen molar-refractivity contribution in [1.29, 1.82) is 0 Å². The fourth-order valence-electron chi connectivity index (χ4n) is 5.29. The van der Waals surface area contributed by atoms with Crippen LogP contribution in [0.4, 0.5) is 28.7 Å². The normalized spacial score (nSPS) is 16.9. The van der Waals surface area contributed by atoms with E-state index < -0.39 is 5.97 Å². The van der Waals surface area contributed by atoms with E-state index in [1.807, 2.05) is 24.3 Å². The Bertz CT molecular complexity index is 1510. The number of hydroxylamine groups is 1. The van der Waals surface area contributed by atoms with E-state index in [1.54, 1.807) is 36.4 Å². The Balaban J connectivity index is 1.42. The van der Waals surface area contributed by atoms with Gasteiger partial charge in [0.1, 0.15) is 17.9 Å². The van der Waals surface area contributed by atoms with Crippen molar-refractivity contribution in [2.24, 2.45) is 0 Å². The van der Waals surface area contributed by atoms with Crippen LogP contribution in [0.15, 0.2) is 74.1 Å². The average Bonchev–Trinajstić information content (AvgIpc) is 3.52. The van der Waals surface area contributed by atoms with Gasteiger partial charge in [-0.2, -0.15) is 0 Å². The quantitative estimate of drug-likeness (QED) is 0.220. The van der Waals surface area contributed by atoms with Crippen molar-refractivity contribution in [2.45, 2.75) is 12.5 Å². The molecule has 0 aliphatic carbocycles. The van der Waals surface area contributed by atoms with E-state index in [0.29, 0.717) is 41.8 Å². The summed E-state index contributed by atoms with van der Waals surface area (Å²) < 4.78 is 5.76. The molecule has 2 saturated heterocycles. The van der Waals surface area contributed by atoms with Crippen molar-refractivity contribution < 1.29 is 24.3 Å². The number of nitrogens with zero attached hydrogens (tertiary/aromatic N) is 5. The average molecular weight is 586 g/mol. The van der Waals surface area contributed by atoms with Crippen molar-refractivity contribution in [3.63, 3.8) is 0 Å². The summed E-state index contributed by atoms with van der Waals surface area (Å²) in [6.45, 7) is 12.0. The summed E-state index contributed by atoms with van der Waals surface area (Å²) in [5, 5.41) is 17.4. The van der Waals surface area contributed by atoms with Gasteiger partial charge in [0.05, 0.1) is 42.4 Å². The number of ether oxygens (including phenoxy) is 1. The van der Waals surface area contributed by atoms with E-state index in [9.17, 15) is 14.7 Å². The van der Waals surface area contributed by atoms with Crippen LogP contribution in [0, 0.1) is 0 Å². The Morgan fingerprint density at radius 1 is 1.12 bits per heavy atom. The van der Waals surface area contributed by atoms with Gasteiger partial charge in [-0.25, -0.2) is 19.8 Å². The monoisotopic (exact) mass is 585 g/mol. The lowest BCUT2D eigenvalue weighted by Gasteiger charge is -2.36. The molecular weight excluding hydrogens is 550 g/mol. The molecule has 2 aliphatic heterocycles. The van der Waals surface area contributed by atoms with Crippen molar-refractivity contribution >= 4 is 40.6 Å². The minimum absolute atomic E-state index is 0.211. The van der Waals surface area contributed by atoms with Crippen molar-refractivity contribution in [2.75, 3.05) is 67.0 Å². The molecule has 1 atom stereocenters. The number of benzene rings is 2. The third kappa shape index (κ3) is 6.76. The molecule has 2 aromatic carbocycles. The molecule has 224 valence electrons. The van der Waals surface area contributed by atoms with E-state index >= 15 is 0 Å². The summed E-state index contributed by atoms with van der Waals surface area (Å²) in [5.74, 6) is 0.245. The second-order valence-corrected chi connectivity index (χ2v) is 10.1. The van der Waals surface area contributed by atoms with Crippen molar-refractivity contribution in [1.82, 2.24) is 14.9 Å². The number of anilines is 5. The standard InChI is InChI=1S/C31H35N7O5/c1-4-10-36-11-13-37(14-12-36)26-18-27(42-3)24(17-23(26)35-30(39)5-2)34-28-19-29(33-20-32-28)38-25(9-15-43-38)21-7-6-8-22(16-21)31(40)41/h4-8,16-20,25H,1-2,9-15H2,3H3,(H,35,39)(H,40,41)(H,32,33,34)/t25-/m1/s1. The van der Waals surface area contributed by atoms with Crippen LogP contribution in [0.2, 0.25) is 0 Å². The van der Waals surface area contributed by atoms with Crippen LogP contribution in [0.3, 0.4) is 0 Å². The molecule has 2 aliphatic rings. The predicted octanol–water partition coefficient (Wildman–Crippen LogP) is 4.24. The topological polar surface area (TPSA) is 132 Å². The molecule has 3 heterocycles. The van der Waals surface area contributed by atoms with Gasteiger partial charge in [-0.15, -0.1) is 6.58 Å². The van der Waals surface area contributed by atoms with E-state index in [1.165, 1.54) is 12.4 Å². The van der Waals surface area contributed by atoms with Crippen LogP contribution in [-0.4, -0.2) is 78.3 Å². The molecule has 0 bridgehead atoms. The fourth-order valence-corrected chi connectivity index (χ4v) is 5.29. The van der Waals surface area contributed by atoms with Crippen molar-refractivity contribution in [3.05, 3.63) is 85.2 Å². The summed E-state index contributed by atoms with van der Waals surface area (Å²) in [6.07, 6.45) is 5.23. The van der Waals surface area contributed by atoms with Crippen molar-refractivity contribution in [3.8, 4) is 5.75 Å². The second-order valence-electron chi connectivity index (χ2n) is 10.1. The van der Waals surface area contributed by atoms with Crippen LogP contribution in [-0.2, 0) is 9.63 Å². The zero-order valence-corrected chi connectivity index (χ0v) is 24.0. The minimum atomic E-state index is -0.987. The number of nitrogens with one attached hydrogen (secondary N) is 2. The number of hydrogen-bond acceptors (Lipinski definition) is 10. The van der Waals surface area contributed by atoms with E-state index in [0.717, 1.165) is 44.0 Å². The molecule has 3 N–H and O–H groups in total. The molecule has 3 aromatic rings. The van der Waals surface area contributed by atoms with Gasteiger partial charge < -0.3 is 25.4 Å². The Kier molecular flexibility index (Phi) is 9.18. The van der Waals surface area contributed by atoms with Gasteiger partial charge in [-0.05, 0) is 29.8 Å². The number of aromatic carboxylic acids is 1. The highest BCUT2D eigenvalue weighted by Crippen LogP contribution is 2.40. The highest BCUT2D eigenvalue weighted by Gasteiger charge is 2.30. The first-order valence-corrected chi connectivity index (χ1v) is 14.0. The zero-order chi connectivity index (χ0) is 30.3. The number of carboxylic acids is 1. The molecule has 0 radical (unpaired) electrons. The molecule has 1 aromatic heterocycles. The molecule has 0 unspecified atom stereocenters. The molecule has 0 saturated carbocycles. The lowest BCUT2D eigenvalue weighted by molar-refractivity contribution is -0.111. The highest BCUT2D eigenvalue weighted by molar-refractivity contribution is 6.02. The zero-order valence-electron chi connectivity index (χ0n) is 24.0. The maximum absolute atomic E-state index is 12.4. The summed E-state index contributed by atoms with van der Waals surface area (Å²) in [5.41, 5.74) is 3.07. The Labute approximate surface area is 250 Å². The predicted molar refractivity (Wildman–Crippen MR) is 165 cm³/mol. The third-order valence-electron chi connectivity index (χ3n) is 7.43. The third-order valence-corrected chi connectivity index (χ3v) is 7.43. The summed E-state index contributed by atoms with van der Waals surface area (Å²) in [4.78, 5) is 43.2. The number of hydrogen-bond donors (Lipinski definition) is 3. The molecular formula is C31H35N7O5. The van der Waals surface area contributed by atoms with E-state index in [-0.39, 0.29) is 17.5 Å². The lowest BCUT2D eigenvalue weighted by Crippen LogP contribution is -2.46. The molecule has 1 amide bonds. The minimum Gasteiger partial charge on any atom is -0.494 e. The fraction of sp³-hybridized carbons (Fsp3) is 0.290. The van der Waals surface area contributed by atoms with E-state index in [4.69, 9.17) is 9.57 Å². The number of piperazine rings is 1. The van der Waals surface area contributed by atoms with E-state index in [2.05, 4.69) is 43.6 Å². The first-order chi connectivity index (χ1) is 20.9. The number of carboxylic acid groups (broad SMARTS) is 1. The Morgan fingerprint density at radius 3 is 2.65 bits per heavy atom. The first-order valence-electron chi connectivity index (χ1n) is 14.0. The van der Waals surface area contributed by atoms with Crippen LogP contribution >= 0.6 is 0 Å². The molecule has 12 heteroatoms. The van der Waals surface area contributed by atoms with Gasteiger partial charge in [0.25, 0.3) is 0 Å². The maximum Gasteiger partial charge on any atom is 0.335 e. The number of rotatable bonds is 11. The second kappa shape index (κ2) is 13.4. The maximum atomic E-state index is 12.4. The van der Waals surface area contributed by atoms with Gasteiger partial charge in [-0.1, -0.05) is 24.8 Å². The van der Waals surface area contributed by atoms with Gasteiger partial charge in [0, 0.05) is 51.3 Å². The molecule has 5 rings (SSSR count). The number of carbonyl (C=O) groups excluding carboxylic acids is 1. The highest BCUT2D eigenvalue weighted by atomic mass is 16.7. The number of carbonyl (C=O) groups is 2. The van der Waals surface area contributed by atoms with Crippen LogP contribution in [0.1, 0.15) is 28.4 Å². The van der Waals surface area contributed by atoms with Gasteiger partial charge in [0.15, 0.2) is 5.82 Å². The lowest BCUT2D eigenvalue weighted by atomic mass is 10.0. The van der Waals surface area contributed by atoms with Crippen LogP contribution in [0.25, 0.3) is 0 Å². The van der Waals surface area contributed by atoms with Crippen LogP contribution < -0.4 is 25.3 Å².